The lowest BCUT2D eigenvalue weighted by molar-refractivity contribution is -0.134. The second-order valence-corrected chi connectivity index (χ2v) is 5.44. The summed E-state index contributed by atoms with van der Waals surface area (Å²) in [5, 5.41) is 12.6. The lowest BCUT2D eigenvalue weighted by Crippen LogP contribution is -2.54. The van der Waals surface area contributed by atoms with Crippen LogP contribution in [0, 0.1) is 5.41 Å². The molecular formula is C14H27NO2. The summed E-state index contributed by atoms with van der Waals surface area (Å²) >= 11 is 0. The van der Waals surface area contributed by atoms with Gasteiger partial charge in [0.25, 0.3) is 0 Å². The van der Waals surface area contributed by atoms with Crippen LogP contribution in [0.15, 0.2) is 0 Å². The minimum Gasteiger partial charge on any atom is -0.394 e. The highest BCUT2D eigenvalue weighted by atomic mass is 16.3. The van der Waals surface area contributed by atoms with E-state index in [2.05, 4.69) is 12.2 Å². The number of carbonyl (C=O) groups excluding carboxylic acids is 1. The third kappa shape index (κ3) is 2.82. The minimum atomic E-state index is -0.415. The van der Waals surface area contributed by atoms with Crippen molar-refractivity contribution < 1.29 is 9.90 Å². The number of hydrogen-bond donors (Lipinski definition) is 2. The maximum atomic E-state index is 12.5. The maximum absolute atomic E-state index is 12.5. The van der Waals surface area contributed by atoms with E-state index >= 15 is 0 Å². The Hall–Kier alpha value is -0.570. The summed E-state index contributed by atoms with van der Waals surface area (Å²) in [6, 6.07) is 0. The fourth-order valence-electron chi connectivity index (χ4n) is 2.86. The van der Waals surface area contributed by atoms with Crippen LogP contribution in [-0.4, -0.2) is 23.2 Å². The van der Waals surface area contributed by atoms with E-state index in [4.69, 9.17) is 0 Å². The largest absolute Gasteiger partial charge is 0.394 e. The predicted octanol–water partition coefficient (Wildman–Crippen LogP) is 2.62. The third-order valence-corrected chi connectivity index (χ3v) is 4.75. The molecule has 3 heteroatoms. The molecule has 100 valence electrons. The molecule has 1 aliphatic rings. The molecule has 0 aromatic rings. The Labute approximate surface area is 105 Å². The Morgan fingerprint density at radius 3 is 2.12 bits per heavy atom. The average Bonchev–Trinajstić information content (AvgIpc) is 2.86. The molecular weight excluding hydrogens is 214 g/mol. The van der Waals surface area contributed by atoms with Crippen molar-refractivity contribution in [2.45, 2.75) is 71.3 Å². The summed E-state index contributed by atoms with van der Waals surface area (Å²) in [4.78, 5) is 12.5. The molecule has 1 saturated carbocycles. The van der Waals surface area contributed by atoms with Gasteiger partial charge in [-0.05, 0) is 32.1 Å². The van der Waals surface area contributed by atoms with E-state index in [1.54, 1.807) is 0 Å². The lowest BCUT2D eigenvalue weighted by atomic mass is 9.81. The Kier molecular flexibility index (Phi) is 4.99. The van der Waals surface area contributed by atoms with Crippen LogP contribution >= 0.6 is 0 Å². The van der Waals surface area contributed by atoms with Crippen molar-refractivity contribution in [3.8, 4) is 0 Å². The number of rotatable bonds is 6. The van der Waals surface area contributed by atoms with Gasteiger partial charge < -0.3 is 10.4 Å². The SMILES string of the molecule is CCC(CC)(CO)NC(=O)C1(CC)CCCC1. The zero-order chi connectivity index (χ0) is 12.9. The van der Waals surface area contributed by atoms with Gasteiger partial charge in [0, 0.05) is 5.41 Å². The first-order valence-electron chi connectivity index (χ1n) is 7.01. The van der Waals surface area contributed by atoms with E-state index in [-0.39, 0.29) is 17.9 Å². The highest BCUT2D eigenvalue weighted by Gasteiger charge is 2.42. The highest BCUT2D eigenvalue weighted by Crippen LogP contribution is 2.41. The van der Waals surface area contributed by atoms with Crippen molar-refractivity contribution in [2.24, 2.45) is 5.41 Å². The molecule has 3 nitrogen and oxygen atoms in total. The van der Waals surface area contributed by atoms with Crippen molar-refractivity contribution >= 4 is 5.91 Å². The van der Waals surface area contributed by atoms with Crippen molar-refractivity contribution in [1.82, 2.24) is 5.32 Å². The first-order valence-corrected chi connectivity index (χ1v) is 7.01. The molecule has 0 aromatic carbocycles. The van der Waals surface area contributed by atoms with Gasteiger partial charge in [0.15, 0.2) is 0 Å². The van der Waals surface area contributed by atoms with Gasteiger partial charge in [-0.2, -0.15) is 0 Å². The van der Waals surface area contributed by atoms with Crippen LogP contribution in [0.3, 0.4) is 0 Å². The normalized spacial score (nSPS) is 19.3. The van der Waals surface area contributed by atoms with Crippen LogP contribution < -0.4 is 5.32 Å². The topological polar surface area (TPSA) is 49.3 Å². The van der Waals surface area contributed by atoms with Crippen molar-refractivity contribution in [3.63, 3.8) is 0 Å². The van der Waals surface area contributed by atoms with E-state index in [0.29, 0.717) is 0 Å². The quantitative estimate of drug-likeness (QED) is 0.751. The zero-order valence-electron chi connectivity index (χ0n) is 11.5. The molecule has 0 unspecified atom stereocenters. The van der Waals surface area contributed by atoms with Gasteiger partial charge in [-0.15, -0.1) is 0 Å². The number of hydrogen-bond acceptors (Lipinski definition) is 2. The molecule has 17 heavy (non-hydrogen) atoms. The molecule has 0 bridgehead atoms. The molecule has 2 N–H and O–H groups in total. The fraction of sp³-hybridized carbons (Fsp3) is 0.929. The summed E-state index contributed by atoms with van der Waals surface area (Å²) in [7, 11) is 0. The van der Waals surface area contributed by atoms with Gasteiger partial charge in [0.05, 0.1) is 12.1 Å². The Bertz CT molecular complexity index is 245. The summed E-state index contributed by atoms with van der Waals surface area (Å²) in [6.45, 7) is 6.18. The maximum Gasteiger partial charge on any atom is 0.226 e. The first kappa shape index (κ1) is 14.5. The average molecular weight is 241 g/mol. The van der Waals surface area contributed by atoms with E-state index in [9.17, 15) is 9.90 Å². The predicted molar refractivity (Wildman–Crippen MR) is 69.7 cm³/mol. The molecule has 0 spiro atoms. The zero-order valence-corrected chi connectivity index (χ0v) is 11.5. The van der Waals surface area contributed by atoms with Gasteiger partial charge >= 0.3 is 0 Å². The van der Waals surface area contributed by atoms with Crippen LogP contribution in [0.4, 0.5) is 0 Å². The summed E-state index contributed by atoms with van der Waals surface area (Å²) < 4.78 is 0. The summed E-state index contributed by atoms with van der Waals surface area (Å²) in [5.41, 5.74) is -0.577. The molecule has 0 aliphatic heterocycles. The minimum absolute atomic E-state index is 0.0333. The molecule has 0 atom stereocenters. The highest BCUT2D eigenvalue weighted by molar-refractivity contribution is 5.83. The Balaban J connectivity index is 2.75. The van der Waals surface area contributed by atoms with E-state index in [1.165, 1.54) is 0 Å². The standard InChI is InChI=1S/C14H27NO2/c1-4-13(9-7-8-10-13)12(17)15-14(5-2,6-3)11-16/h16H,4-11H2,1-3H3,(H,15,17). The first-order chi connectivity index (χ1) is 8.08. The van der Waals surface area contributed by atoms with E-state index in [0.717, 1.165) is 44.9 Å². The summed E-state index contributed by atoms with van der Waals surface area (Å²) in [6.07, 6.45) is 6.80. The smallest absolute Gasteiger partial charge is 0.226 e. The molecule has 0 saturated heterocycles. The third-order valence-electron chi connectivity index (χ3n) is 4.75. The Morgan fingerprint density at radius 2 is 1.76 bits per heavy atom. The van der Waals surface area contributed by atoms with Gasteiger partial charge in [0.1, 0.15) is 0 Å². The molecule has 1 amide bonds. The number of aliphatic hydroxyl groups is 1. The number of amides is 1. The molecule has 0 radical (unpaired) electrons. The van der Waals surface area contributed by atoms with Crippen molar-refractivity contribution in [2.75, 3.05) is 6.61 Å². The molecule has 1 aliphatic carbocycles. The van der Waals surface area contributed by atoms with Crippen LogP contribution in [0.25, 0.3) is 0 Å². The van der Waals surface area contributed by atoms with Crippen LogP contribution in [-0.2, 0) is 4.79 Å². The van der Waals surface area contributed by atoms with Gasteiger partial charge in [-0.1, -0.05) is 33.6 Å². The second-order valence-electron chi connectivity index (χ2n) is 5.44. The fourth-order valence-corrected chi connectivity index (χ4v) is 2.86. The van der Waals surface area contributed by atoms with E-state index < -0.39 is 5.54 Å². The van der Waals surface area contributed by atoms with E-state index in [1.807, 2.05) is 13.8 Å². The number of carbonyl (C=O) groups is 1. The molecule has 1 rings (SSSR count). The van der Waals surface area contributed by atoms with Gasteiger partial charge in [0.2, 0.25) is 5.91 Å². The van der Waals surface area contributed by atoms with Crippen LogP contribution in [0.2, 0.25) is 0 Å². The second kappa shape index (κ2) is 5.85. The van der Waals surface area contributed by atoms with Crippen LogP contribution in [0.1, 0.15) is 65.7 Å². The van der Waals surface area contributed by atoms with Crippen molar-refractivity contribution in [3.05, 3.63) is 0 Å². The van der Waals surface area contributed by atoms with Crippen LogP contribution in [0.5, 0.6) is 0 Å². The summed E-state index contributed by atoms with van der Waals surface area (Å²) in [5.74, 6) is 0.162. The molecule has 0 heterocycles. The monoisotopic (exact) mass is 241 g/mol. The van der Waals surface area contributed by atoms with Crippen molar-refractivity contribution in [1.29, 1.82) is 0 Å². The lowest BCUT2D eigenvalue weighted by Gasteiger charge is -2.36. The molecule has 1 fully saturated rings. The van der Waals surface area contributed by atoms with Gasteiger partial charge in [-0.25, -0.2) is 0 Å². The number of nitrogens with one attached hydrogen (secondary N) is 1. The molecule has 0 aromatic heterocycles. The number of aliphatic hydroxyl groups excluding tert-OH is 1. The van der Waals surface area contributed by atoms with Gasteiger partial charge in [-0.3, -0.25) is 4.79 Å². The Morgan fingerprint density at radius 1 is 1.24 bits per heavy atom.